The molecule has 0 aliphatic rings. The van der Waals surface area contributed by atoms with Crippen LogP contribution in [0.4, 0.5) is 0 Å². The second-order valence-electron chi connectivity index (χ2n) is 4.92. The Morgan fingerprint density at radius 3 is 2.59 bits per heavy atom. The minimum Gasteiger partial charge on any atom is -0.497 e. The van der Waals surface area contributed by atoms with E-state index in [4.69, 9.17) is 4.74 Å². The summed E-state index contributed by atoms with van der Waals surface area (Å²) >= 11 is 3.38. The molecule has 0 aliphatic heterocycles. The number of rotatable bonds is 8. The molecule has 0 aliphatic carbocycles. The Morgan fingerprint density at radius 1 is 1.27 bits per heavy atom. The van der Waals surface area contributed by atoms with Gasteiger partial charge >= 0.3 is 0 Å². The second-order valence-corrected chi connectivity index (χ2v) is 5.78. The van der Waals surface area contributed by atoms with E-state index in [1.165, 1.54) is 0 Å². The Morgan fingerprint density at radius 2 is 2.00 bits per heavy atom. The van der Waals surface area contributed by atoms with Gasteiger partial charge in [-0.3, -0.25) is 9.59 Å². The summed E-state index contributed by atoms with van der Waals surface area (Å²) in [5, 5.41) is 2.80. The van der Waals surface area contributed by atoms with Crippen LogP contribution in [0, 0.1) is 0 Å². The molecule has 0 spiro atoms. The molecule has 22 heavy (non-hydrogen) atoms. The van der Waals surface area contributed by atoms with Gasteiger partial charge in [0, 0.05) is 17.6 Å². The fraction of sp³-hybridized carbons (Fsp3) is 0.500. The minimum atomic E-state index is -0.181. The number of methoxy groups -OCH3 is 1. The summed E-state index contributed by atoms with van der Waals surface area (Å²) in [4.78, 5) is 26.1. The van der Waals surface area contributed by atoms with E-state index in [2.05, 4.69) is 21.2 Å². The van der Waals surface area contributed by atoms with Crippen LogP contribution in [-0.2, 0) is 4.79 Å². The fourth-order valence-electron chi connectivity index (χ4n) is 1.98. The molecule has 0 unspecified atom stereocenters. The minimum absolute atomic E-state index is 0.0658. The van der Waals surface area contributed by atoms with Crippen LogP contribution in [0.1, 0.15) is 37.0 Å². The second kappa shape index (κ2) is 9.46. The van der Waals surface area contributed by atoms with Crippen molar-refractivity contribution in [2.45, 2.75) is 26.7 Å². The van der Waals surface area contributed by atoms with Gasteiger partial charge < -0.3 is 15.0 Å². The highest BCUT2D eigenvalue weighted by Crippen LogP contribution is 2.24. The molecule has 0 saturated heterocycles. The van der Waals surface area contributed by atoms with E-state index in [1.807, 2.05) is 13.8 Å². The summed E-state index contributed by atoms with van der Waals surface area (Å²) in [5.41, 5.74) is 0.496. The van der Waals surface area contributed by atoms with Crippen molar-refractivity contribution in [2.24, 2.45) is 0 Å². The molecule has 1 aromatic carbocycles. The lowest BCUT2D eigenvalue weighted by atomic mass is 10.1. The van der Waals surface area contributed by atoms with Crippen LogP contribution in [0.3, 0.4) is 0 Å². The normalized spacial score (nSPS) is 10.2. The molecule has 0 heterocycles. The summed E-state index contributed by atoms with van der Waals surface area (Å²) < 4.78 is 5.85. The molecule has 1 aromatic rings. The SMILES string of the molecule is CCCNC(=O)CN(CCC)C(=O)c1cc(OC)ccc1Br. The average molecular weight is 371 g/mol. The standard InChI is InChI=1S/C16H23BrN2O3/c1-4-8-18-15(20)11-19(9-5-2)16(21)13-10-12(22-3)6-7-14(13)17/h6-7,10H,4-5,8-9,11H2,1-3H3,(H,18,20). The highest BCUT2D eigenvalue weighted by atomic mass is 79.9. The van der Waals surface area contributed by atoms with Crippen molar-refractivity contribution < 1.29 is 14.3 Å². The lowest BCUT2D eigenvalue weighted by Crippen LogP contribution is -2.41. The van der Waals surface area contributed by atoms with Crippen molar-refractivity contribution in [1.29, 1.82) is 0 Å². The van der Waals surface area contributed by atoms with Gasteiger partial charge in [0.1, 0.15) is 5.75 Å². The van der Waals surface area contributed by atoms with Crippen LogP contribution in [0.5, 0.6) is 5.75 Å². The molecule has 0 atom stereocenters. The number of nitrogens with one attached hydrogen (secondary N) is 1. The van der Waals surface area contributed by atoms with Crippen LogP contribution >= 0.6 is 15.9 Å². The highest BCUT2D eigenvalue weighted by molar-refractivity contribution is 9.10. The predicted molar refractivity (Wildman–Crippen MR) is 90.2 cm³/mol. The first-order valence-electron chi connectivity index (χ1n) is 7.43. The number of carbonyl (C=O) groups is 2. The van der Waals surface area contributed by atoms with Crippen LogP contribution in [0.25, 0.3) is 0 Å². The van der Waals surface area contributed by atoms with Crippen molar-refractivity contribution in [1.82, 2.24) is 10.2 Å². The maximum Gasteiger partial charge on any atom is 0.255 e. The number of nitrogens with zero attached hydrogens (tertiary/aromatic N) is 1. The number of carbonyl (C=O) groups excluding carboxylic acids is 2. The monoisotopic (exact) mass is 370 g/mol. The molecular weight excluding hydrogens is 348 g/mol. The fourth-order valence-corrected chi connectivity index (χ4v) is 2.40. The maximum atomic E-state index is 12.7. The summed E-state index contributed by atoms with van der Waals surface area (Å²) in [6.45, 7) is 5.18. The molecule has 122 valence electrons. The van der Waals surface area contributed by atoms with Gasteiger partial charge in [-0.2, -0.15) is 0 Å². The smallest absolute Gasteiger partial charge is 0.255 e. The number of halogens is 1. The van der Waals surface area contributed by atoms with Gasteiger partial charge in [-0.1, -0.05) is 13.8 Å². The van der Waals surface area contributed by atoms with Crippen molar-refractivity contribution >= 4 is 27.7 Å². The first-order valence-corrected chi connectivity index (χ1v) is 8.22. The summed E-state index contributed by atoms with van der Waals surface area (Å²) in [6.07, 6.45) is 1.66. The van der Waals surface area contributed by atoms with E-state index >= 15 is 0 Å². The Balaban J connectivity index is 2.90. The summed E-state index contributed by atoms with van der Waals surface area (Å²) in [7, 11) is 1.56. The first-order chi connectivity index (χ1) is 10.5. The number of amides is 2. The lowest BCUT2D eigenvalue weighted by Gasteiger charge is -2.22. The molecular formula is C16H23BrN2O3. The molecule has 1 N–H and O–H groups in total. The Hall–Kier alpha value is -1.56. The van der Waals surface area contributed by atoms with Gasteiger partial charge in [0.2, 0.25) is 5.91 Å². The van der Waals surface area contributed by atoms with Gasteiger partial charge in [-0.25, -0.2) is 0 Å². The molecule has 6 heteroatoms. The average Bonchev–Trinajstić information content (AvgIpc) is 2.52. The third kappa shape index (κ3) is 5.33. The third-order valence-electron chi connectivity index (χ3n) is 3.09. The van der Waals surface area contributed by atoms with Crippen LogP contribution in [-0.4, -0.2) is 43.5 Å². The zero-order valence-electron chi connectivity index (χ0n) is 13.3. The maximum absolute atomic E-state index is 12.7. The molecule has 0 fully saturated rings. The van der Waals surface area contributed by atoms with Crippen molar-refractivity contribution in [3.63, 3.8) is 0 Å². The predicted octanol–water partition coefficient (Wildman–Crippen LogP) is 2.84. The van der Waals surface area contributed by atoms with Gasteiger partial charge in [0.15, 0.2) is 0 Å². The largest absolute Gasteiger partial charge is 0.497 e. The van der Waals surface area contributed by atoms with Crippen LogP contribution < -0.4 is 10.1 Å². The number of hydrogen-bond donors (Lipinski definition) is 1. The Kier molecular flexibility index (Phi) is 7.95. The Bertz CT molecular complexity index is 520. The number of hydrogen-bond acceptors (Lipinski definition) is 3. The quantitative estimate of drug-likeness (QED) is 0.765. The highest BCUT2D eigenvalue weighted by Gasteiger charge is 2.20. The van der Waals surface area contributed by atoms with E-state index in [9.17, 15) is 9.59 Å². The molecule has 0 aromatic heterocycles. The van der Waals surface area contributed by atoms with Crippen molar-refractivity contribution in [3.8, 4) is 5.75 Å². The van der Waals surface area contributed by atoms with Gasteiger partial charge in [0.05, 0.1) is 19.2 Å². The molecule has 0 radical (unpaired) electrons. The van der Waals surface area contributed by atoms with Crippen LogP contribution in [0.15, 0.2) is 22.7 Å². The molecule has 1 rings (SSSR count). The number of ether oxygens (including phenoxy) is 1. The molecule has 0 bridgehead atoms. The molecule has 0 saturated carbocycles. The first kappa shape index (κ1) is 18.5. The van der Waals surface area contributed by atoms with Gasteiger partial charge in [-0.05, 0) is 47.0 Å². The third-order valence-corrected chi connectivity index (χ3v) is 3.78. The van der Waals surface area contributed by atoms with E-state index in [-0.39, 0.29) is 18.4 Å². The summed E-state index contributed by atoms with van der Waals surface area (Å²) in [5.74, 6) is 0.292. The van der Waals surface area contributed by atoms with Crippen molar-refractivity contribution in [3.05, 3.63) is 28.2 Å². The van der Waals surface area contributed by atoms with E-state index in [0.717, 1.165) is 12.8 Å². The van der Waals surface area contributed by atoms with E-state index in [0.29, 0.717) is 28.9 Å². The zero-order valence-corrected chi connectivity index (χ0v) is 14.9. The number of benzene rings is 1. The van der Waals surface area contributed by atoms with Crippen molar-refractivity contribution in [2.75, 3.05) is 26.7 Å². The van der Waals surface area contributed by atoms with Gasteiger partial charge in [-0.15, -0.1) is 0 Å². The Labute approximate surface area is 140 Å². The van der Waals surface area contributed by atoms with E-state index < -0.39 is 0 Å². The lowest BCUT2D eigenvalue weighted by molar-refractivity contribution is -0.121. The molecule has 5 nitrogen and oxygen atoms in total. The summed E-state index contributed by atoms with van der Waals surface area (Å²) in [6, 6.07) is 5.23. The topological polar surface area (TPSA) is 58.6 Å². The van der Waals surface area contributed by atoms with Gasteiger partial charge in [0.25, 0.3) is 5.91 Å². The molecule has 2 amide bonds. The van der Waals surface area contributed by atoms with E-state index in [1.54, 1.807) is 30.2 Å². The van der Waals surface area contributed by atoms with Crippen LogP contribution in [0.2, 0.25) is 0 Å². The zero-order chi connectivity index (χ0) is 16.5.